The zero-order valence-electron chi connectivity index (χ0n) is 10.5. The number of benzene rings is 1. The topological polar surface area (TPSA) is 73.1 Å². The summed E-state index contributed by atoms with van der Waals surface area (Å²) >= 11 is 0. The number of nitrogens with two attached hydrogens (primary N) is 1. The van der Waals surface area contributed by atoms with E-state index in [9.17, 15) is 0 Å². The van der Waals surface area contributed by atoms with Crippen molar-refractivity contribution in [2.75, 3.05) is 18.2 Å². The average molecular weight is 244 g/mol. The first-order chi connectivity index (χ1) is 8.69. The third kappa shape index (κ3) is 2.88. The molecule has 1 heterocycles. The van der Waals surface area contributed by atoms with E-state index >= 15 is 0 Å². The first-order valence-electron chi connectivity index (χ1n) is 5.64. The summed E-state index contributed by atoms with van der Waals surface area (Å²) in [4.78, 5) is 0. The van der Waals surface area contributed by atoms with Crippen LogP contribution < -0.4 is 15.8 Å². The number of ether oxygens (including phenoxy) is 1. The Kier molecular flexibility index (Phi) is 3.62. The highest BCUT2D eigenvalue weighted by Gasteiger charge is 2.01. The van der Waals surface area contributed by atoms with Crippen molar-refractivity contribution in [2.45, 2.75) is 13.5 Å². The second-order valence-corrected chi connectivity index (χ2v) is 4.05. The zero-order valence-corrected chi connectivity index (χ0v) is 10.5. The lowest BCUT2D eigenvalue weighted by Gasteiger charge is -2.08. The minimum absolute atomic E-state index is 0.632. The van der Waals surface area contributed by atoms with Gasteiger partial charge in [-0.25, -0.2) is 0 Å². The molecule has 0 amide bonds. The van der Waals surface area contributed by atoms with E-state index in [1.165, 1.54) is 0 Å². The average Bonchev–Trinajstić information content (AvgIpc) is 2.37. The molecule has 18 heavy (non-hydrogen) atoms. The summed E-state index contributed by atoms with van der Waals surface area (Å²) in [6, 6.07) is 7.65. The van der Waals surface area contributed by atoms with Crippen LogP contribution in [0.5, 0.6) is 5.75 Å². The number of nitrogen functional groups attached to an aromatic ring is 1. The minimum atomic E-state index is 0.632. The van der Waals surface area contributed by atoms with Gasteiger partial charge in [-0.05, 0) is 36.2 Å². The molecule has 94 valence electrons. The maximum Gasteiger partial charge on any atom is 0.149 e. The third-order valence-corrected chi connectivity index (χ3v) is 2.56. The Labute approximate surface area is 106 Å². The second-order valence-electron chi connectivity index (χ2n) is 4.05. The maximum absolute atomic E-state index is 5.84. The van der Waals surface area contributed by atoms with Crippen molar-refractivity contribution >= 4 is 11.5 Å². The van der Waals surface area contributed by atoms with Crippen LogP contribution in [0.3, 0.4) is 0 Å². The van der Waals surface area contributed by atoms with Crippen molar-refractivity contribution in [1.82, 2.24) is 10.2 Å². The highest BCUT2D eigenvalue weighted by atomic mass is 16.5. The lowest BCUT2D eigenvalue weighted by molar-refractivity contribution is 0.417. The van der Waals surface area contributed by atoms with E-state index < -0.39 is 0 Å². The van der Waals surface area contributed by atoms with E-state index in [2.05, 4.69) is 15.5 Å². The van der Waals surface area contributed by atoms with Gasteiger partial charge in [0.25, 0.3) is 0 Å². The van der Waals surface area contributed by atoms with Gasteiger partial charge in [0.05, 0.1) is 19.0 Å². The summed E-state index contributed by atoms with van der Waals surface area (Å²) in [7, 11) is 1.60. The Bertz CT molecular complexity index is 542. The van der Waals surface area contributed by atoms with Crippen molar-refractivity contribution in [2.24, 2.45) is 0 Å². The Balaban J connectivity index is 2.04. The third-order valence-electron chi connectivity index (χ3n) is 2.56. The fourth-order valence-corrected chi connectivity index (χ4v) is 1.64. The molecule has 0 radical (unpaired) electrons. The van der Waals surface area contributed by atoms with Crippen molar-refractivity contribution in [3.63, 3.8) is 0 Å². The van der Waals surface area contributed by atoms with Crippen LogP contribution in [0.1, 0.15) is 11.1 Å². The lowest BCUT2D eigenvalue weighted by atomic mass is 10.2. The molecule has 1 aromatic carbocycles. The van der Waals surface area contributed by atoms with Gasteiger partial charge in [0.1, 0.15) is 11.6 Å². The van der Waals surface area contributed by atoms with E-state index in [1.807, 2.05) is 31.2 Å². The van der Waals surface area contributed by atoms with Gasteiger partial charge in [0, 0.05) is 6.54 Å². The van der Waals surface area contributed by atoms with E-state index in [0.717, 1.165) is 16.9 Å². The van der Waals surface area contributed by atoms with Crippen LogP contribution in [0.2, 0.25) is 0 Å². The lowest BCUT2D eigenvalue weighted by Crippen LogP contribution is -2.03. The number of rotatable bonds is 4. The van der Waals surface area contributed by atoms with Gasteiger partial charge in [-0.3, -0.25) is 0 Å². The largest absolute Gasteiger partial charge is 0.495 e. The monoisotopic (exact) mass is 244 g/mol. The van der Waals surface area contributed by atoms with Crippen LogP contribution in [-0.2, 0) is 6.54 Å². The number of hydrogen-bond donors (Lipinski definition) is 2. The SMILES string of the molecule is COc1ccc(CNc2cc(C)cnn2)cc1N. The summed E-state index contributed by atoms with van der Waals surface area (Å²) in [5.41, 5.74) is 8.61. The van der Waals surface area contributed by atoms with E-state index in [0.29, 0.717) is 18.0 Å². The molecule has 2 rings (SSSR count). The quantitative estimate of drug-likeness (QED) is 0.805. The number of aromatic nitrogens is 2. The molecule has 5 heteroatoms. The molecule has 0 fully saturated rings. The van der Waals surface area contributed by atoms with Gasteiger partial charge in [-0.15, -0.1) is 5.10 Å². The van der Waals surface area contributed by atoms with Gasteiger partial charge in [0.2, 0.25) is 0 Å². The molecule has 0 aliphatic carbocycles. The molecule has 1 aromatic heterocycles. The Morgan fingerprint density at radius 3 is 2.83 bits per heavy atom. The summed E-state index contributed by atoms with van der Waals surface area (Å²) in [6.07, 6.45) is 1.72. The Morgan fingerprint density at radius 2 is 2.17 bits per heavy atom. The Morgan fingerprint density at radius 1 is 1.33 bits per heavy atom. The molecule has 0 unspecified atom stereocenters. The Hall–Kier alpha value is -2.30. The zero-order chi connectivity index (χ0) is 13.0. The molecular weight excluding hydrogens is 228 g/mol. The second kappa shape index (κ2) is 5.35. The van der Waals surface area contributed by atoms with Gasteiger partial charge in [0.15, 0.2) is 0 Å². The van der Waals surface area contributed by atoms with Crippen LogP contribution >= 0.6 is 0 Å². The van der Waals surface area contributed by atoms with Gasteiger partial charge < -0.3 is 15.8 Å². The smallest absolute Gasteiger partial charge is 0.149 e. The van der Waals surface area contributed by atoms with Crippen molar-refractivity contribution in [1.29, 1.82) is 0 Å². The summed E-state index contributed by atoms with van der Waals surface area (Å²) in [5, 5.41) is 11.1. The number of aryl methyl sites for hydroxylation is 1. The van der Waals surface area contributed by atoms with Crippen molar-refractivity contribution < 1.29 is 4.74 Å². The molecule has 0 atom stereocenters. The van der Waals surface area contributed by atoms with Crippen LogP contribution in [0.4, 0.5) is 11.5 Å². The predicted molar refractivity (Wildman–Crippen MR) is 71.5 cm³/mol. The molecule has 0 aliphatic heterocycles. The molecule has 0 saturated heterocycles. The van der Waals surface area contributed by atoms with E-state index in [4.69, 9.17) is 10.5 Å². The summed E-state index contributed by atoms with van der Waals surface area (Å²) < 4.78 is 5.11. The first-order valence-corrected chi connectivity index (χ1v) is 5.64. The van der Waals surface area contributed by atoms with Gasteiger partial charge in [-0.2, -0.15) is 5.10 Å². The molecule has 0 spiro atoms. The molecule has 2 aromatic rings. The summed E-state index contributed by atoms with van der Waals surface area (Å²) in [6.45, 7) is 2.62. The molecule has 0 saturated carbocycles. The highest BCUT2D eigenvalue weighted by molar-refractivity contribution is 5.54. The molecular formula is C13H16N4O. The molecule has 0 aliphatic rings. The predicted octanol–water partition coefficient (Wildman–Crippen LogP) is 1.99. The van der Waals surface area contributed by atoms with Crippen LogP contribution in [0.25, 0.3) is 0 Å². The van der Waals surface area contributed by atoms with E-state index in [-0.39, 0.29) is 0 Å². The molecule has 0 bridgehead atoms. The van der Waals surface area contributed by atoms with E-state index in [1.54, 1.807) is 13.3 Å². The fraction of sp³-hybridized carbons (Fsp3) is 0.231. The summed E-state index contributed by atoms with van der Waals surface area (Å²) in [5.74, 6) is 1.44. The highest BCUT2D eigenvalue weighted by Crippen LogP contribution is 2.22. The fourth-order valence-electron chi connectivity index (χ4n) is 1.64. The normalized spacial score (nSPS) is 10.1. The van der Waals surface area contributed by atoms with Gasteiger partial charge in [-0.1, -0.05) is 6.07 Å². The van der Waals surface area contributed by atoms with Gasteiger partial charge >= 0.3 is 0 Å². The first kappa shape index (κ1) is 12.2. The van der Waals surface area contributed by atoms with Crippen molar-refractivity contribution in [3.8, 4) is 5.75 Å². The number of nitrogens with zero attached hydrogens (tertiary/aromatic N) is 2. The maximum atomic E-state index is 5.84. The van der Waals surface area contributed by atoms with Crippen LogP contribution in [0, 0.1) is 6.92 Å². The minimum Gasteiger partial charge on any atom is -0.495 e. The number of nitrogens with one attached hydrogen (secondary N) is 1. The number of hydrogen-bond acceptors (Lipinski definition) is 5. The van der Waals surface area contributed by atoms with Crippen molar-refractivity contribution in [3.05, 3.63) is 41.6 Å². The number of anilines is 2. The molecule has 5 nitrogen and oxygen atoms in total. The standard InChI is InChI=1S/C13H16N4O/c1-9-5-13(17-16-7-9)15-8-10-3-4-12(18-2)11(14)6-10/h3-7H,8,14H2,1-2H3,(H,15,17). The van der Waals surface area contributed by atoms with Crippen LogP contribution in [0.15, 0.2) is 30.5 Å². The van der Waals surface area contributed by atoms with Crippen LogP contribution in [-0.4, -0.2) is 17.3 Å². The molecule has 3 N–H and O–H groups in total. The number of methoxy groups -OCH3 is 1.